The maximum atomic E-state index is 14.3. The van der Waals surface area contributed by atoms with Crippen molar-refractivity contribution >= 4 is 28.1 Å². The van der Waals surface area contributed by atoms with Gasteiger partial charge >= 0.3 is 0 Å². The summed E-state index contributed by atoms with van der Waals surface area (Å²) >= 11 is 0. The molecule has 1 aliphatic heterocycles. The highest BCUT2D eigenvalue weighted by molar-refractivity contribution is 6.13. The van der Waals surface area contributed by atoms with Crippen LogP contribution in [-0.2, 0) is 19.4 Å². The summed E-state index contributed by atoms with van der Waals surface area (Å²) in [5.74, 6) is 0.0389. The van der Waals surface area contributed by atoms with E-state index < -0.39 is 0 Å². The first-order valence-electron chi connectivity index (χ1n) is 13.0. The second kappa shape index (κ2) is 8.63. The van der Waals surface area contributed by atoms with E-state index in [1.165, 1.54) is 38.6 Å². The van der Waals surface area contributed by atoms with Gasteiger partial charge in [-0.3, -0.25) is 9.69 Å². The minimum absolute atomic E-state index is 0.0389. The summed E-state index contributed by atoms with van der Waals surface area (Å²) < 4.78 is 0. The van der Waals surface area contributed by atoms with Gasteiger partial charge in [0.1, 0.15) is 6.17 Å². The van der Waals surface area contributed by atoms with Gasteiger partial charge in [-0.1, -0.05) is 90.5 Å². The molecule has 1 heterocycles. The van der Waals surface area contributed by atoms with Crippen molar-refractivity contribution in [3.05, 3.63) is 143 Å². The fourth-order valence-corrected chi connectivity index (χ4v) is 6.13. The Morgan fingerprint density at radius 1 is 0.730 bits per heavy atom. The molecule has 0 saturated heterocycles. The Morgan fingerprint density at radius 2 is 1.46 bits per heavy atom. The number of fused-ring (bicyclic) bond motifs is 1. The van der Waals surface area contributed by atoms with E-state index >= 15 is 0 Å². The highest BCUT2D eigenvalue weighted by atomic mass is 16.2. The first kappa shape index (κ1) is 21.9. The minimum atomic E-state index is -0.282. The lowest BCUT2D eigenvalue weighted by Gasteiger charge is -2.46. The summed E-state index contributed by atoms with van der Waals surface area (Å²) in [7, 11) is 0. The number of amides is 1. The quantitative estimate of drug-likeness (QED) is 0.264. The van der Waals surface area contributed by atoms with Crippen molar-refractivity contribution in [1.29, 1.82) is 0 Å². The Morgan fingerprint density at radius 3 is 2.27 bits per heavy atom. The fourth-order valence-electron chi connectivity index (χ4n) is 6.13. The van der Waals surface area contributed by atoms with Crippen LogP contribution in [0, 0.1) is 6.92 Å². The first-order valence-corrected chi connectivity index (χ1v) is 13.0. The van der Waals surface area contributed by atoms with Crippen LogP contribution < -0.4 is 9.80 Å². The third-order valence-corrected chi connectivity index (χ3v) is 7.90. The van der Waals surface area contributed by atoms with E-state index in [-0.39, 0.29) is 12.1 Å². The summed E-state index contributed by atoms with van der Waals surface area (Å²) in [5.41, 5.74) is 9.01. The SMILES string of the molecule is Cc1ccc(N2C(=O)c3ccccc3N(Cc3ccccc3)[C@H]2c2ccc3c4c(cccc24)CC3)cc1. The van der Waals surface area contributed by atoms with Crippen molar-refractivity contribution in [1.82, 2.24) is 0 Å². The topological polar surface area (TPSA) is 23.6 Å². The van der Waals surface area contributed by atoms with E-state index in [0.29, 0.717) is 6.54 Å². The van der Waals surface area contributed by atoms with Crippen LogP contribution in [0.25, 0.3) is 10.8 Å². The van der Waals surface area contributed by atoms with E-state index in [1.54, 1.807) is 0 Å². The van der Waals surface area contributed by atoms with Crippen LogP contribution in [-0.4, -0.2) is 5.91 Å². The van der Waals surface area contributed by atoms with Crippen LogP contribution in [0.4, 0.5) is 11.4 Å². The van der Waals surface area contributed by atoms with Crippen LogP contribution in [0.1, 0.15) is 44.3 Å². The first-order chi connectivity index (χ1) is 18.2. The van der Waals surface area contributed by atoms with Gasteiger partial charge in [-0.05, 0) is 71.5 Å². The molecule has 0 saturated carbocycles. The van der Waals surface area contributed by atoms with Crippen LogP contribution in [0.2, 0.25) is 0 Å². The van der Waals surface area contributed by atoms with E-state index in [4.69, 9.17) is 0 Å². The number of para-hydroxylation sites is 1. The maximum Gasteiger partial charge on any atom is 0.262 e. The van der Waals surface area contributed by atoms with Crippen LogP contribution in [0.15, 0.2) is 109 Å². The number of anilines is 2. The number of rotatable bonds is 4. The molecule has 1 aliphatic carbocycles. The van der Waals surface area contributed by atoms with Gasteiger partial charge in [-0.25, -0.2) is 0 Å². The molecular weight excluding hydrogens is 452 g/mol. The van der Waals surface area contributed by atoms with Gasteiger partial charge in [0.25, 0.3) is 5.91 Å². The maximum absolute atomic E-state index is 14.3. The Bertz CT molecular complexity index is 1630. The molecule has 180 valence electrons. The summed E-state index contributed by atoms with van der Waals surface area (Å²) in [6.07, 6.45) is 1.88. The van der Waals surface area contributed by atoms with Crippen molar-refractivity contribution < 1.29 is 4.79 Å². The summed E-state index contributed by atoms with van der Waals surface area (Å²) in [4.78, 5) is 18.7. The van der Waals surface area contributed by atoms with Gasteiger partial charge in [0.2, 0.25) is 0 Å². The Balaban J connectivity index is 1.51. The molecule has 0 radical (unpaired) electrons. The average molecular weight is 481 g/mol. The zero-order chi connectivity index (χ0) is 24.9. The van der Waals surface area contributed by atoms with Crippen LogP contribution in [0.3, 0.4) is 0 Å². The molecule has 1 atom stereocenters. The van der Waals surface area contributed by atoms with Crippen molar-refractivity contribution in [2.75, 3.05) is 9.80 Å². The van der Waals surface area contributed by atoms with Crippen molar-refractivity contribution in [3.8, 4) is 0 Å². The molecule has 3 heteroatoms. The smallest absolute Gasteiger partial charge is 0.262 e. The van der Waals surface area contributed by atoms with Crippen LogP contribution in [0.5, 0.6) is 0 Å². The second-order valence-electron chi connectivity index (χ2n) is 10.2. The monoisotopic (exact) mass is 480 g/mol. The Labute approximate surface area is 217 Å². The predicted octanol–water partition coefficient (Wildman–Crippen LogP) is 7.61. The standard InChI is InChI=1S/C34H28N2O/c1-23-14-19-27(20-15-23)36-33(29-21-18-26-17-16-25-10-7-12-28(29)32(25)26)35(22-24-8-3-2-4-9-24)31-13-6-5-11-30(31)34(36)37/h2-15,18-21,33H,16-17,22H2,1H3/t33-/m1/s1. The molecule has 0 unspecified atom stereocenters. The summed E-state index contributed by atoms with van der Waals surface area (Å²) in [6.45, 7) is 2.78. The van der Waals surface area contributed by atoms with Gasteiger partial charge in [0.15, 0.2) is 0 Å². The third kappa shape index (κ3) is 3.54. The Kier molecular flexibility index (Phi) is 5.10. The molecule has 5 aromatic carbocycles. The molecule has 0 fully saturated rings. The molecule has 2 aliphatic rings. The number of carbonyl (C=O) groups excluding carboxylic acids is 1. The lowest BCUT2D eigenvalue weighted by molar-refractivity contribution is 0.0968. The lowest BCUT2D eigenvalue weighted by Crippen LogP contribution is -2.49. The number of nitrogens with zero attached hydrogens (tertiary/aromatic N) is 2. The van der Waals surface area contributed by atoms with Gasteiger partial charge in [0.05, 0.1) is 11.3 Å². The summed E-state index contributed by atoms with van der Waals surface area (Å²) in [5, 5.41) is 2.62. The molecule has 0 N–H and O–H groups in total. The number of hydrogen-bond acceptors (Lipinski definition) is 2. The molecule has 5 aromatic rings. The second-order valence-corrected chi connectivity index (χ2v) is 10.2. The van der Waals surface area contributed by atoms with Gasteiger partial charge in [0, 0.05) is 17.8 Å². The molecular formula is C34H28N2O. The van der Waals surface area contributed by atoms with Gasteiger partial charge in [-0.15, -0.1) is 0 Å². The normalized spacial score (nSPS) is 16.4. The largest absolute Gasteiger partial charge is 0.342 e. The van der Waals surface area contributed by atoms with Crippen molar-refractivity contribution in [3.63, 3.8) is 0 Å². The summed E-state index contributed by atoms with van der Waals surface area (Å²) in [6, 6.07) is 38.2. The third-order valence-electron chi connectivity index (χ3n) is 7.90. The van der Waals surface area contributed by atoms with Crippen LogP contribution >= 0.6 is 0 Å². The van der Waals surface area contributed by atoms with E-state index in [9.17, 15) is 4.79 Å². The fraction of sp³-hybridized carbons (Fsp3) is 0.147. The molecule has 7 rings (SSSR count). The number of benzene rings is 5. The highest BCUT2D eigenvalue weighted by Crippen LogP contribution is 2.45. The van der Waals surface area contributed by atoms with E-state index in [1.807, 2.05) is 23.1 Å². The van der Waals surface area contributed by atoms with Gasteiger partial charge < -0.3 is 4.90 Å². The van der Waals surface area contributed by atoms with E-state index in [0.717, 1.165) is 29.8 Å². The number of carbonyl (C=O) groups is 1. The molecule has 1 amide bonds. The van der Waals surface area contributed by atoms with Crippen molar-refractivity contribution in [2.24, 2.45) is 0 Å². The molecule has 0 aromatic heterocycles. The lowest BCUT2D eigenvalue weighted by atomic mass is 9.93. The average Bonchev–Trinajstić information content (AvgIpc) is 3.37. The molecule has 37 heavy (non-hydrogen) atoms. The van der Waals surface area contributed by atoms with Gasteiger partial charge in [-0.2, -0.15) is 0 Å². The zero-order valence-corrected chi connectivity index (χ0v) is 20.9. The predicted molar refractivity (Wildman–Crippen MR) is 151 cm³/mol. The van der Waals surface area contributed by atoms with Crippen molar-refractivity contribution in [2.45, 2.75) is 32.5 Å². The minimum Gasteiger partial charge on any atom is -0.342 e. The molecule has 3 nitrogen and oxygen atoms in total. The number of aryl methyl sites for hydroxylation is 3. The Hall–Kier alpha value is -4.37. The molecule has 0 spiro atoms. The van der Waals surface area contributed by atoms with E-state index in [2.05, 4.69) is 103 Å². The molecule has 0 bridgehead atoms. The number of hydrogen-bond donors (Lipinski definition) is 0. The highest BCUT2D eigenvalue weighted by Gasteiger charge is 2.40. The zero-order valence-electron chi connectivity index (χ0n) is 20.9.